The van der Waals surface area contributed by atoms with E-state index in [1.165, 1.54) is 6.07 Å². The maximum Gasteiger partial charge on any atom is 0.251 e. The maximum atomic E-state index is 12.5. The van der Waals surface area contributed by atoms with E-state index in [-0.39, 0.29) is 29.5 Å². The maximum absolute atomic E-state index is 12.5. The van der Waals surface area contributed by atoms with Gasteiger partial charge in [-0.3, -0.25) is 19.3 Å². The van der Waals surface area contributed by atoms with E-state index in [2.05, 4.69) is 29.4 Å². The second-order valence-corrected chi connectivity index (χ2v) is 7.20. The van der Waals surface area contributed by atoms with Crippen molar-refractivity contribution in [3.63, 3.8) is 0 Å². The van der Waals surface area contributed by atoms with Crippen LogP contribution >= 0.6 is 0 Å². The Hall–Kier alpha value is -2.15. The fourth-order valence-electron chi connectivity index (χ4n) is 3.42. The highest BCUT2D eigenvalue weighted by Crippen LogP contribution is 2.20. The lowest BCUT2D eigenvalue weighted by Crippen LogP contribution is -2.44. The lowest BCUT2D eigenvalue weighted by atomic mass is 10.1. The Kier molecular flexibility index (Phi) is 6.97. The summed E-state index contributed by atoms with van der Waals surface area (Å²) in [6, 6.07) is 2.68. The van der Waals surface area contributed by atoms with Gasteiger partial charge in [-0.15, -0.1) is 0 Å². The summed E-state index contributed by atoms with van der Waals surface area (Å²) in [6.45, 7) is 10.6. The lowest BCUT2D eigenvalue weighted by Gasteiger charge is -2.24. The fourth-order valence-corrected chi connectivity index (χ4v) is 3.42. The molecule has 2 N–H and O–H groups in total. The van der Waals surface area contributed by atoms with Gasteiger partial charge in [0, 0.05) is 50.0 Å². The molecular weight excluding hydrogens is 332 g/mol. The van der Waals surface area contributed by atoms with Gasteiger partial charge in [-0.25, -0.2) is 0 Å². The highest BCUT2D eigenvalue weighted by atomic mass is 16.2. The molecule has 0 bridgehead atoms. The van der Waals surface area contributed by atoms with Gasteiger partial charge in [-0.2, -0.15) is 0 Å². The number of hydrogen-bond acceptors (Lipinski definition) is 4. The number of hydrogen-bond donors (Lipinski definition) is 2. The number of amides is 2. The molecule has 1 fully saturated rings. The molecule has 7 nitrogen and oxygen atoms in total. The Morgan fingerprint density at radius 2 is 2.04 bits per heavy atom. The van der Waals surface area contributed by atoms with Crippen molar-refractivity contribution >= 4 is 11.8 Å². The second kappa shape index (κ2) is 8.98. The van der Waals surface area contributed by atoms with Gasteiger partial charge < -0.3 is 15.2 Å². The van der Waals surface area contributed by atoms with Crippen molar-refractivity contribution in [1.82, 2.24) is 20.1 Å². The molecule has 2 amide bonds. The average molecular weight is 362 g/mol. The molecule has 2 heterocycles. The van der Waals surface area contributed by atoms with E-state index >= 15 is 0 Å². The average Bonchev–Trinajstić information content (AvgIpc) is 2.96. The molecule has 144 valence electrons. The summed E-state index contributed by atoms with van der Waals surface area (Å²) in [5.74, 6) is 0.176. The van der Waals surface area contributed by atoms with E-state index in [9.17, 15) is 14.4 Å². The van der Waals surface area contributed by atoms with Crippen LogP contribution in [0.4, 0.5) is 0 Å². The molecule has 0 saturated carbocycles. The van der Waals surface area contributed by atoms with Crippen LogP contribution in [-0.4, -0.2) is 53.0 Å². The monoisotopic (exact) mass is 362 g/mol. The van der Waals surface area contributed by atoms with Crippen LogP contribution in [0, 0.1) is 5.92 Å². The summed E-state index contributed by atoms with van der Waals surface area (Å²) < 4.78 is 1.54. The summed E-state index contributed by atoms with van der Waals surface area (Å²) >= 11 is 0. The fraction of sp³-hybridized carbons (Fsp3) is 0.632. The molecule has 1 aliphatic heterocycles. The second-order valence-electron chi connectivity index (χ2n) is 7.20. The molecular formula is C19H30N4O3. The van der Waals surface area contributed by atoms with Crippen LogP contribution in [0.15, 0.2) is 23.1 Å². The van der Waals surface area contributed by atoms with Crippen LogP contribution in [-0.2, 0) is 11.3 Å². The summed E-state index contributed by atoms with van der Waals surface area (Å²) in [4.78, 5) is 38.9. The van der Waals surface area contributed by atoms with Crippen LogP contribution in [0.1, 0.15) is 44.5 Å². The van der Waals surface area contributed by atoms with Gasteiger partial charge >= 0.3 is 0 Å². The van der Waals surface area contributed by atoms with Crippen LogP contribution in [0.25, 0.3) is 0 Å². The number of nitrogens with zero attached hydrogens (tertiary/aromatic N) is 2. The molecule has 0 aliphatic carbocycles. The summed E-state index contributed by atoms with van der Waals surface area (Å²) in [7, 11) is 0. The number of pyridine rings is 1. The first-order valence-electron chi connectivity index (χ1n) is 9.38. The smallest absolute Gasteiger partial charge is 0.251 e. The third-order valence-corrected chi connectivity index (χ3v) is 4.59. The van der Waals surface area contributed by atoms with Crippen LogP contribution in [0.5, 0.6) is 0 Å². The minimum absolute atomic E-state index is 0.00967. The molecule has 1 saturated heterocycles. The zero-order chi connectivity index (χ0) is 19.3. The van der Waals surface area contributed by atoms with E-state index in [1.54, 1.807) is 16.8 Å². The molecule has 26 heavy (non-hydrogen) atoms. The third-order valence-electron chi connectivity index (χ3n) is 4.59. The van der Waals surface area contributed by atoms with E-state index in [1.807, 2.05) is 13.8 Å². The van der Waals surface area contributed by atoms with E-state index < -0.39 is 0 Å². The van der Waals surface area contributed by atoms with Gasteiger partial charge in [0.25, 0.3) is 11.5 Å². The van der Waals surface area contributed by atoms with Crippen LogP contribution < -0.4 is 16.2 Å². The van der Waals surface area contributed by atoms with Gasteiger partial charge in [0.15, 0.2) is 0 Å². The van der Waals surface area contributed by atoms with E-state index in [4.69, 9.17) is 0 Å². The molecule has 0 radical (unpaired) electrons. The van der Waals surface area contributed by atoms with Crippen molar-refractivity contribution in [1.29, 1.82) is 0 Å². The van der Waals surface area contributed by atoms with Crippen molar-refractivity contribution in [2.24, 2.45) is 5.92 Å². The van der Waals surface area contributed by atoms with Gasteiger partial charge in [-0.05, 0) is 32.3 Å². The highest BCUT2D eigenvalue weighted by Gasteiger charge is 2.37. The predicted octanol–water partition coefficient (Wildman–Crippen LogP) is 0.833. The zero-order valence-corrected chi connectivity index (χ0v) is 16.1. The third kappa shape index (κ3) is 4.94. The van der Waals surface area contributed by atoms with E-state index in [0.29, 0.717) is 37.5 Å². The first-order valence-corrected chi connectivity index (χ1v) is 9.38. The Labute approximate surface area is 154 Å². The highest BCUT2D eigenvalue weighted by molar-refractivity contribution is 5.94. The standard InChI is InChI=1S/C19H30N4O3/c1-5-20-19(26)16-10-15(12-23(16)11-13(3)4)21-18(25)14-7-8-22(6-2)17(24)9-14/h7-9,13,15-16H,5-6,10-12H2,1-4H3,(H,20,26)(H,21,25)/t15-,16+/m1/s1. The summed E-state index contributed by atoms with van der Waals surface area (Å²) in [5, 5.41) is 5.86. The molecule has 0 unspecified atom stereocenters. The quantitative estimate of drug-likeness (QED) is 0.753. The molecule has 1 aromatic rings. The lowest BCUT2D eigenvalue weighted by molar-refractivity contribution is -0.125. The molecule has 0 spiro atoms. The number of aromatic nitrogens is 1. The number of carbonyl (C=O) groups is 2. The normalized spacial score (nSPS) is 20.3. The number of likely N-dealkylation sites (N-methyl/N-ethyl adjacent to an activating group) is 1. The topological polar surface area (TPSA) is 83.4 Å². The van der Waals surface area contributed by atoms with Crippen LogP contribution in [0.3, 0.4) is 0 Å². The van der Waals surface area contributed by atoms with E-state index in [0.717, 1.165) is 6.54 Å². The number of nitrogens with one attached hydrogen (secondary N) is 2. The van der Waals surface area contributed by atoms with Gasteiger partial charge in [0.1, 0.15) is 0 Å². The number of carbonyl (C=O) groups excluding carboxylic acids is 2. The molecule has 2 rings (SSSR count). The predicted molar refractivity (Wildman–Crippen MR) is 101 cm³/mol. The molecule has 0 aromatic carbocycles. The largest absolute Gasteiger partial charge is 0.355 e. The van der Waals surface area contributed by atoms with Crippen LogP contribution in [0.2, 0.25) is 0 Å². The Morgan fingerprint density at radius 3 is 2.62 bits per heavy atom. The molecule has 1 aliphatic rings. The summed E-state index contributed by atoms with van der Waals surface area (Å²) in [5.41, 5.74) is 0.171. The molecule has 2 atom stereocenters. The van der Waals surface area contributed by atoms with Gasteiger partial charge in [0.2, 0.25) is 5.91 Å². The number of aryl methyl sites for hydroxylation is 1. The minimum atomic E-state index is -0.267. The first kappa shape index (κ1) is 20.2. The van der Waals surface area contributed by atoms with Crippen molar-refractivity contribution in [3.05, 3.63) is 34.2 Å². The Morgan fingerprint density at radius 1 is 1.31 bits per heavy atom. The van der Waals surface area contributed by atoms with Crippen molar-refractivity contribution in [3.8, 4) is 0 Å². The Bertz CT molecular complexity index is 698. The zero-order valence-electron chi connectivity index (χ0n) is 16.1. The van der Waals surface area contributed by atoms with Crippen molar-refractivity contribution < 1.29 is 9.59 Å². The SMILES string of the molecule is CCNC(=O)[C@@H]1C[C@@H](NC(=O)c2ccn(CC)c(=O)c2)CN1CC(C)C. The van der Waals surface area contributed by atoms with Gasteiger partial charge in [0.05, 0.1) is 6.04 Å². The number of rotatable bonds is 7. The minimum Gasteiger partial charge on any atom is -0.355 e. The summed E-state index contributed by atoms with van der Waals surface area (Å²) in [6.07, 6.45) is 2.21. The molecule has 1 aromatic heterocycles. The Balaban J connectivity index is 2.06. The van der Waals surface area contributed by atoms with Crippen molar-refractivity contribution in [2.75, 3.05) is 19.6 Å². The van der Waals surface area contributed by atoms with Gasteiger partial charge in [-0.1, -0.05) is 13.8 Å². The van der Waals surface area contributed by atoms with Crippen molar-refractivity contribution in [2.45, 2.75) is 52.7 Å². The number of likely N-dealkylation sites (tertiary alicyclic amines) is 1. The first-order chi connectivity index (χ1) is 12.3. The molecule has 7 heteroatoms.